The molecule has 7 nitrogen and oxygen atoms in total. The van der Waals surface area contributed by atoms with E-state index < -0.39 is 17.8 Å². The second-order valence-electron chi connectivity index (χ2n) is 7.05. The van der Waals surface area contributed by atoms with Gasteiger partial charge < -0.3 is 20.5 Å². The zero-order valence-corrected chi connectivity index (χ0v) is 16.2. The van der Waals surface area contributed by atoms with Gasteiger partial charge in [0.1, 0.15) is 5.75 Å². The molecule has 1 saturated carbocycles. The molecule has 7 heteroatoms. The van der Waals surface area contributed by atoms with E-state index in [1.807, 2.05) is 0 Å². The van der Waals surface area contributed by atoms with E-state index >= 15 is 0 Å². The molecule has 29 heavy (non-hydrogen) atoms. The van der Waals surface area contributed by atoms with Crippen molar-refractivity contribution >= 4 is 29.2 Å². The summed E-state index contributed by atoms with van der Waals surface area (Å²) in [5.41, 5.74) is 1.26. The molecule has 0 heterocycles. The summed E-state index contributed by atoms with van der Waals surface area (Å²) in [6.07, 6.45) is 2.65. The number of hydrogen-bond donors (Lipinski definition) is 3. The van der Waals surface area contributed by atoms with Crippen molar-refractivity contribution in [1.29, 1.82) is 0 Å². The molecule has 2 amide bonds. The van der Waals surface area contributed by atoms with Gasteiger partial charge in [-0.05, 0) is 49.2 Å². The zero-order valence-electron chi connectivity index (χ0n) is 16.2. The zero-order chi connectivity index (χ0) is 20.8. The fraction of sp³-hybridized carbons (Fsp3) is 0.318. The molecular weight excluding hydrogens is 372 g/mol. The minimum absolute atomic E-state index is 0.305. The average Bonchev–Trinajstić information content (AvgIpc) is 2.74. The number of rotatable bonds is 6. The Bertz CT molecular complexity index is 894. The summed E-state index contributed by atoms with van der Waals surface area (Å²) in [5, 5.41) is 15.0. The molecule has 1 fully saturated rings. The van der Waals surface area contributed by atoms with Crippen LogP contribution in [-0.2, 0) is 9.59 Å². The van der Waals surface area contributed by atoms with Gasteiger partial charge >= 0.3 is 5.97 Å². The molecule has 0 radical (unpaired) electrons. The van der Waals surface area contributed by atoms with Crippen molar-refractivity contribution in [2.45, 2.75) is 25.7 Å². The number of anilines is 2. The summed E-state index contributed by atoms with van der Waals surface area (Å²) in [7, 11) is 1.56. The molecule has 0 unspecified atom stereocenters. The lowest BCUT2D eigenvalue weighted by Crippen LogP contribution is -2.36. The summed E-state index contributed by atoms with van der Waals surface area (Å²) in [4.78, 5) is 37.0. The lowest BCUT2D eigenvalue weighted by Gasteiger charge is -2.27. The summed E-state index contributed by atoms with van der Waals surface area (Å²) in [6.45, 7) is 0. The minimum Gasteiger partial charge on any atom is -0.497 e. The maximum atomic E-state index is 12.8. The smallest absolute Gasteiger partial charge is 0.307 e. The monoisotopic (exact) mass is 396 g/mol. The van der Waals surface area contributed by atoms with E-state index in [-0.39, 0.29) is 11.8 Å². The highest BCUT2D eigenvalue weighted by molar-refractivity contribution is 6.10. The Labute approximate surface area is 169 Å². The second kappa shape index (κ2) is 9.23. The van der Waals surface area contributed by atoms with E-state index in [9.17, 15) is 19.5 Å². The van der Waals surface area contributed by atoms with Gasteiger partial charge in [0.2, 0.25) is 5.91 Å². The highest BCUT2D eigenvalue weighted by Gasteiger charge is 2.36. The number of carboxylic acid groups (broad SMARTS) is 1. The van der Waals surface area contributed by atoms with Gasteiger partial charge in [-0.25, -0.2) is 0 Å². The van der Waals surface area contributed by atoms with Crippen molar-refractivity contribution in [2.75, 3.05) is 17.7 Å². The third-order valence-corrected chi connectivity index (χ3v) is 5.20. The summed E-state index contributed by atoms with van der Waals surface area (Å²) < 4.78 is 5.10. The van der Waals surface area contributed by atoms with Gasteiger partial charge in [-0.1, -0.05) is 25.0 Å². The molecule has 0 bridgehead atoms. The van der Waals surface area contributed by atoms with Crippen LogP contribution in [0.2, 0.25) is 0 Å². The van der Waals surface area contributed by atoms with Crippen LogP contribution < -0.4 is 15.4 Å². The second-order valence-corrected chi connectivity index (χ2v) is 7.05. The molecule has 2 atom stereocenters. The third-order valence-electron chi connectivity index (χ3n) is 5.20. The van der Waals surface area contributed by atoms with Gasteiger partial charge in [0.25, 0.3) is 5.91 Å². The number of ether oxygens (including phenoxy) is 1. The van der Waals surface area contributed by atoms with E-state index in [1.165, 1.54) is 0 Å². The van der Waals surface area contributed by atoms with Crippen molar-refractivity contribution in [3.63, 3.8) is 0 Å². The van der Waals surface area contributed by atoms with Gasteiger partial charge in [0.15, 0.2) is 0 Å². The SMILES string of the molecule is COc1ccc(NC(=O)c2ccccc2NC(=O)[C@H]2CCCC[C@@H]2C(=O)O)cc1. The molecule has 0 aromatic heterocycles. The van der Waals surface area contributed by atoms with Gasteiger partial charge in [0, 0.05) is 5.69 Å². The van der Waals surface area contributed by atoms with Crippen LogP contribution >= 0.6 is 0 Å². The van der Waals surface area contributed by atoms with Crippen molar-refractivity contribution in [2.24, 2.45) is 11.8 Å². The Balaban J connectivity index is 1.74. The van der Waals surface area contributed by atoms with E-state index in [1.54, 1.807) is 55.6 Å². The number of carboxylic acids is 1. The predicted octanol–water partition coefficient (Wildman–Crippen LogP) is 3.78. The fourth-order valence-electron chi connectivity index (χ4n) is 3.63. The Morgan fingerprint density at radius 3 is 2.24 bits per heavy atom. The number of nitrogens with one attached hydrogen (secondary N) is 2. The predicted molar refractivity (Wildman–Crippen MR) is 109 cm³/mol. The first-order valence-electron chi connectivity index (χ1n) is 9.57. The lowest BCUT2D eigenvalue weighted by atomic mass is 9.78. The Morgan fingerprint density at radius 1 is 0.931 bits per heavy atom. The van der Waals surface area contributed by atoms with Crippen molar-refractivity contribution in [1.82, 2.24) is 0 Å². The Kier molecular flexibility index (Phi) is 6.49. The van der Waals surface area contributed by atoms with Gasteiger partial charge in [-0.2, -0.15) is 0 Å². The maximum Gasteiger partial charge on any atom is 0.307 e. The highest BCUT2D eigenvalue weighted by atomic mass is 16.5. The normalized spacial score (nSPS) is 18.5. The Morgan fingerprint density at radius 2 is 1.59 bits per heavy atom. The quantitative estimate of drug-likeness (QED) is 0.689. The molecule has 1 aliphatic rings. The first-order valence-corrected chi connectivity index (χ1v) is 9.57. The first-order chi connectivity index (χ1) is 14.0. The number of methoxy groups -OCH3 is 1. The van der Waals surface area contributed by atoms with Gasteiger partial charge in [-0.3, -0.25) is 14.4 Å². The molecule has 2 aromatic carbocycles. The standard InChI is InChI=1S/C22H24N2O5/c1-29-15-12-10-14(11-13-15)23-21(26)18-8-4-5-9-19(18)24-20(25)16-6-2-3-7-17(16)22(27)28/h4-5,8-13,16-17H,2-3,6-7H2,1H3,(H,23,26)(H,24,25)(H,27,28)/t16-,17-/m0/s1. The minimum atomic E-state index is -0.949. The fourth-order valence-corrected chi connectivity index (χ4v) is 3.63. The largest absolute Gasteiger partial charge is 0.497 e. The van der Waals surface area contributed by atoms with E-state index in [4.69, 9.17) is 4.74 Å². The van der Waals surface area contributed by atoms with Gasteiger partial charge in [-0.15, -0.1) is 0 Å². The van der Waals surface area contributed by atoms with Crippen LogP contribution in [0.15, 0.2) is 48.5 Å². The molecule has 3 rings (SSSR count). The number of amides is 2. The van der Waals surface area contributed by atoms with Crippen LogP contribution in [0.25, 0.3) is 0 Å². The molecule has 0 saturated heterocycles. The molecule has 0 aliphatic heterocycles. The number of carbonyl (C=O) groups is 3. The van der Waals surface area contributed by atoms with Crippen molar-refractivity contribution in [3.05, 3.63) is 54.1 Å². The third kappa shape index (κ3) is 4.93. The van der Waals surface area contributed by atoms with Crippen molar-refractivity contribution in [3.8, 4) is 5.75 Å². The molecule has 152 valence electrons. The van der Waals surface area contributed by atoms with Crippen LogP contribution in [0.4, 0.5) is 11.4 Å². The van der Waals surface area contributed by atoms with Crippen LogP contribution in [0.1, 0.15) is 36.0 Å². The topological polar surface area (TPSA) is 105 Å². The number of aliphatic carboxylic acids is 1. The molecule has 1 aliphatic carbocycles. The molecule has 2 aromatic rings. The average molecular weight is 396 g/mol. The number of para-hydroxylation sites is 1. The van der Waals surface area contributed by atoms with E-state index in [0.717, 1.165) is 12.8 Å². The van der Waals surface area contributed by atoms with Crippen LogP contribution in [-0.4, -0.2) is 30.0 Å². The summed E-state index contributed by atoms with van der Waals surface area (Å²) >= 11 is 0. The van der Waals surface area contributed by atoms with Crippen molar-refractivity contribution < 1.29 is 24.2 Å². The van der Waals surface area contributed by atoms with Crippen LogP contribution in [0, 0.1) is 11.8 Å². The molecular formula is C22H24N2O5. The molecule has 3 N–H and O–H groups in total. The van der Waals surface area contributed by atoms with E-state index in [0.29, 0.717) is 35.5 Å². The lowest BCUT2D eigenvalue weighted by molar-refractivity contribution is -0.147. The summed E-state index contributed by atoms with van der Waals surface area (Å²) in [5.74, 6) is -2.29. The van der Waals surface area contributed by atoms with Gasteiger partial charge in [0.05, 0.1) is 30.2 Å². The van der Waals surface area contributed by atoms with Crippen LogP contribution in [0.5, 0.6) is 5.75 Å². The van der Waals surface area contributed by atoms with E-state index in [2.05, 4.69) is 10.6 Å². The summed E-state index contributed by atoms with van der Waals surface area (Å²) in [6, 6.07) is 13.6. The first kappa shape index (κ1) is 20.4. The number of benzene rings is 2. The van der Waals surface area contributed by atoms with Crippen LogP contribution in [0.3, 0.4) is 0 Å². The molecule has 0 spiro atoms. The maximum absolute atomic E-state index is 12.8. The Hall–Kier alpha value is -3.35. The number of carbonyl (C=O) groups excluding carboxylic acids is 2. The number of hydrogen-bond acceptors (Lipinski definition) is 4. The highest BCUT2D eigenvalue weighted by Crippen LogP contribution is 2.31.